The van der Waals surface area contributed by atoms with Gasteiger partial charge < -0.3 is 14.5 Å². The van der Waals surface area contributed by atoms with E-state index in [1.807, 2.05) is 24.3 Å². The van der Waals surface area contributed by atoms with Gasteiger partial charge in [0.2, 0.25) is 0 Å². The van der Waals surface area contributed by atoms with Gasteiger partial charge in [-0.15, -0.1) is 0 Å². The van der Waals surface area contributed by atoms with Gasteiger partial charge in [0.25, 0.3) is 5.91 Å². The monoisotopic (exact) mass is 387 g/mol. The third kappa shape index (κ3) is 3.49. The molecule has 0 spiro atoms. The first-order valence-corrected chi connectivity index (χ1v) is 8.00. The molecule has 0 aliphatic carbocycles. The molecule has 1 aromatic heterocycles. The summed E-state index contributed by atoms with van der Waals surface area (Å²) in [6, 6.07) is 13.6. The van der Waals surface area contributed by atoms with Crippen LogP contribution in [-0.4, -0.2) is 13.0 Å². The average molecular weight is 388 g/mol. The second kappa shape index (κ2) is 6.88. The van der Waals surface area contributed by atoms with E-state index in [9.17, 15) is 9.59 Å². The highest BCUT2D eigenvalue weighted by atomic mass is 79.9. The highest BCUT2D eigenvalue weighted by Crippen LogP contribution is 2.18. The van der Waals surface area contributed by atoms with Gasteiger partial charge >= 0.3 is 0 Å². The van der Waals surface area contributed by atoms with Crippen molar-refractivity contribution in [3.05, 3.63) is 74.6 Å². The van der Waals surface area contributed by atoms with Gasteiger partial charge in [-0.25, -0.2) is 0 Å². The van der Waals surface area contributed by atoms with E-state index in [4.69, 9.17) is 9.15 Å². The lowest BCUT2D eigenvalue weighted by molar-refractivity contribution is 0.0923. The summed E-state index contributed by atoms with van der Waals surface area (Å²) in [6.07, 6.45) is 0. The largest absolute Gasteiger partial charge is 0.497 e. The van der Waals surface area contributed by atoms with Gasteiger partial charge in [0.05, 0.1) is 12.5 Å². The SMILES string of the molecule is COc1ccc(CNC(=O)c2cc(=O)c3ccc(Br)cc3o2)cc1. The molecule has 24 heavy (non-hydrogen) atoms. The number of benzene rings is 2. The van der Waals surface area contributed by atoms with E-state index in [2.05, 4.69) is 21.2 Å². The molecule has 5 nitrogen and oxygen atoms in total. The fraction of sp³-hybridized carbons (Fsp3) is 0.111. The molecule has 0 unspecified atom stereocenters. The van der Waals surface area contributed by atoms with Crippen molar-refractivity contribution >= 4 is 32.8 Å². The van der Waals surface area contributed by atoms with Gasteiger partial charge in [-0.05, 0) is 35.9 Å². The molecule has 6 heteroatoms. The Morgan fingerprint density at radius 2 is 1.92 bits per heavy atom. The summed E-state index contributed by atoms with van der Waals surface area (Å²) in [4.78, 5) is 24.3. The zero-order valence-corrected chi connectivity index (χ0v) is 14.4. The van der Waals surface area contributed by atoms with Crippen LogP contribution in [0.4, 0.5) is 0 Å². The van der Waals surface area contributed by atoms with Crippen molar-refractivity contribution in [3.8, 4) is 5.75 Å². The number of nitrogens with one attached hydrogen (secondary N) is 1. The summed E-state index contributed by atoms with van der Waals surface area (Å²) in [6.45, 7) is 0.322. The number of rotatable bonds is 4. The lowest BCUT2D eigenvalue weighted by Gasteiger charge is -2.07. The zero-order valence-electron chi connectivity index (χ0n) is 12.8. The Bertz CT molecular complexity index is 947. The fourth-order valence-corrected chi connectivity index (χ4v) is 2.59. The van der Waals surface area contributed by atoms with Crippen molar-refractivity contribution < 1.29 is 13.9 Å². The Morgan fingerprint density at radius 3 is 2.62 bits per heavy atom. The molecule has 1 amide bonds. The standard InChI is InChI=1S/C18H14BrNO4/c1-23-13-5-2-11(3-6-13)10-20-18(22)17-9-15(21)14-7-4-12(19)8-16(14)24-17/h2-9H,10H2,1H3,(H,20,22). The van der Waals surface area contributed by atoms with Crippen molar-refractivity contribution in [1.29, 1.82) is 0 Å². The predicted molar refractivity (Wildman–Crippen MR) is 94.3 cm³/mol. The van der Waals surface area contributed by atoms with Crippen LogP contribution in [0.2, 0.25) is 0 Å². The maximum absolute atomic E-state index is 12.2. The third-order valence-corrected chi connectivity index (χ3v) is 4.02. The average Bonchev–Trinajstić information content (AvgIpc) is 2.59. The summed E-state index contributed by atoms with van der Waals surface area (Å²) < 4.78 is 11.4. The molecule has 0 fully saturated rings. The fourth-order valence-electron chi connectivity index (χ4n) is 2.25. The Labute approximate surface area is 146 Å². The zero-order chi connectivity index (χ0) is 17.1. The van der Waals surface area contributed by atoms with Crippen LogP contribution in [0.15, 0.2) is 62.2 Å². The number of carbonyl (C=O) groups is 1. The first-order chi connectivity index (χ1) is 11.6. The predicted octanol–water partition coefficient (Wildman–Crippen LogP) is 3.49. The molecular weight excluding hydrogens is 374 g/mol. The van der Waals surface area contributed by atoms with E-state index in [1.165, 1.54) is 6.07 Å². The van der Waals surface area contributed by atoms with Crippen molar-refractivity contribution in [1.82, 2.24) is 5.32 Å². The van der Waals surface area contributed by atoms with Crippen molar-refractivity contribution in [2.75, 3.05) is 7.11 Å². The Kier molecular flexibility index (Phi) is 4.66. The molecule has 3 rings (SSSR count). The van der Waals surface area contributed by atoms with E-state index in [0.29, 0.717) is 17.5 Å². The second-order valence-corrected chi connectivity index (χ2v) is 6.06. The molecule has 2 aromatic carbocycles. The number of halogens is 1. The highest BCUT2D eigenvalue weighted by Gasteiger charge is 2.12. The van der Waals surface area contributed by atoms with E-state index in [1.54, 1.807) is 25.3 Å². The number of amides is 1. The normalized spacial score (nSPS) is 10.6. The van der Waals surface area contributed by atoms with Gasteiger partial charge in [-0.1, -0.05) is 28.1 Å². The molecular formula is C18H14BrNO4. The Hall–Kier alpha value is -2.60. The highest BCUT2D eigenvalue weighted by molar-refractivity contribution is 9.10. The number of methoxy groups -OCH3 is 1. The van der Waals surface area contributed by atoms with Crippen LogP contribution in [0.25, 0.3) is 11.0 Å². The van der Waals surface area contributed by atoms with Crippen molar-refractivity contribution in [2.45, 2.75) is 6.54 Å². The molecule has 0 atom stereocenters. The Morgan fingerprint density at radius 1 is 1.17 bits per heavy atom. The molecule has 0 aliphatic rings. The van der Waals surface area contributed by atoms with Crippen molar-refractivity contribution in [3.63, 3.8) is 0 Å². The minimum atomic E-state index is -0.440. The molecule has 3 aromatic rings. The molecule has 1 heterocycles. The van der Waals surface area contributed by atoms with Gasteiger partial charge in [0.15, 0.2) is 11.2 Å². The van der Waals surface area contributed by atoms with E-state index >= 15 is 0 Å². The maximum Gasteiger partial charge on any atom is 0.287 e. The van der Waals surface area contributed by atoms with Gasteiger partial charge in [0.1, 0.15) is 11.3 Å². The number of hydrogen-bond donors (Lipinski definition) is 1. The summed E-state index contributed by atoms with van der Waals surface area (Å²) >= 11 is 3.32. The number of fused-ring (bicyclic) bond motifs is 1. The summed E-state index contributed by atoms with van der Waals surface area (Å²) in [5, 5.41) is 3.17. The maximum atomic E-state index is 12.2. The summed E-state index contributed by atoms with van der Waals surface area (Å²) in [7, 11) is 1.59. The van der Waals surface area contributed by atoms with E-state index in [0.717, 1.165) is 15.8 Å². The lowest BCUT2D eigenvalue weighted by atomic mass is 10.2. The molecule has 0 saturated carbocycles. The lowest BCUT2D eigenvalue weighted by Crippen LogP contribution is -2.24. The molecule has 0 aliphatic heterocycles. The van der Waals surface area contributed by atoms with Gasteiger partial charge in [-0.2, -0.15) is 0 Å². The van der Waals surface area contributed by atoms with E-state index in [-0.39, 0.29) is 11.2 Å². The third-order valence-electron chi connectivity index (χ3n) is 3.53. The minimum Gasteiger partial charge on any atom is -0.497 e. The molecule has 122 valence electrons. The first kappa shape index (κ1) is 16.3. The van der Waals surface area contributed by atoms with Crippen LogP contribution in [0.5, 0.6) is 5.75 Å². The van der Waals surface area contributed by atoms with Crippen molar-refractivity contribution in [2.24, 2.45) is 0 Å². The van der Waals surface area contributed by atoms with Crippen LogP contribution in [0, 0.1) is 0 Å². The van der Waals surface area contributed by atoms with Crippen LogP contribution in [-0.2, 0) is 6.54 Å². The quantitative estimate of drug-likeness (QED) is 0.743. The first-order valence-electron chi connectivity index (χ1n) is 7.21. The van der Waals surface area contributed by atoms with E-state index < -0.39 is 5.91 Å². The summed E-state index contributed by atoms with van der Waals surface area (Å²) in [5.41, 5.74) is 1.03. The van der Waals surface area contributed by atoms with Crippen LogP contribution in [0.3, 0.4) is 0 Å². The molecule has 0 saturated heterocycles. The number of carbonyl (C=O) groups excluding carboxylic acids is 1. The van der Waals surface area contributed by atoms with Crippen LogP contribution >= 0.6 is 15.9 Å². The number of hydrogen-bond acceptors (Lipinski definition) is 4. The topological polar surface area (TPSA) is 68.5 Å². The molecule has 0 radical (unpaired) electrons. The van der Waals surface area contributed by atoms with Crippen LogP contribution in [0.1, 0.15) is 16.1 Å². The summed E-state index contributed by atoms with van der Waals surface area (Å²) in [5.74, 6) is 0.292. The van der Waals surface area contributed by atoms with Gasteiger partial charge in [0, 0.05) is 17.1 Å². The number of ether oxygens (including phenoxy) is 1. The van der Waals surface area contributed by atoms with Crippen LogP contribution < -0.4 is 15.5 Å². The molecule has 1 N–H and O–H groups in total. The Balaban J connectivity index is 1.79. The minimum absolute atomic E-state index is 0.0147. The van der Waals surface area contributed by atoms with Gasteiger partial charge in [-0.3, -0.25) is 9.59 Å². The smallest absolute Gasteiger partial charge is 0.287 e. The molecule has 0 bridgehead atoms. The second-order valence-electron chi connectivity index (χ2n) is 5.15.